The van der Waals surface area contributed by atoms with E-state index >= 15 is 0 Å². The van der Waals surface area contributed by atoms with Gasteiger partial charge in [-0.1, -0.05) is 121 Å². The first-order valence-electron chi connectivity index (χ1n) is 12.0. The zero-order valence-electron chi connectivity index (χ0n) is 19.1. The third-order valence-electron chi connectivity index (χ3n) is 5.99. The van der Waals surface area contributed by atoms with Crippen LogP contribution in [0.2, 0.25) is 5.54 Å². The molecule has 0 aliphatic carbocycles. The summed E-state index contributed by atoms with van der Waals surface area (Å²) in [6.45, 7) is -0.229. The Bertz CT molecular complexity index is 551. The summed E-state index contributed by atoms with van der Waals surface area (Å²) >= 11 is 14.2. The summed E-state index contributed by atoms with van der Waals surface area (Å²) in [5.74, 6) is -0.0982. The van der Waals surface area contributed by atoms with Gasteiger partial charge in [-0.15, -0.1) is 22.2 Å². The van der Waals surface area contributed by atoms with Crippen molar-refractivity contribution in [3.8, 4) is 0 Å². The van der Waals surface area contributed by atoms with E-state index < -0.39 is 6.69 Å². The lowest BCUT2D eigenvalue weighted by molar-refractivity contribution is -0.140. The Kier molecular flexibility index (Phi) is 15.7. The maximum Gasteiger partial charge on any atom is 0.305 e. The molecule has 0 aromatic heterocycles. The average Bonchev–Trinajstić information content (AvgIpc) is 2.76. The molecule has 5 heteroatoms. The lowest BCUT2D eigenvalue weighted by Crippen LogP contribution is -2.41. The van der Waals surface area contributed by atoms with E-state index in [1.54, 1.807) is 0 Å². The highest BCUT2D eigenvalue weighted by Crippen LogP contribution is 2.38. The number of esters is 1. The van der Waals surface area contributed by atoms with Gasteiger partial charge in [0.05, 0.1) is 7.11 Å². The van der Waals surface area contributed by atoms with Crippen LogP contribution in [0.25, 0.3) is 0 Å². The highest BCUT2D eigenvalue weighted by atomic mass is 35.7. The van der Waals surface area contributed by atoms with E-state index in [1.807, 2.05) is 6.07 Å². The monoisotopic (exact) mass is 472 g/mol. The second-order valence-corrected chi connectivity index (χ2v) is 15.3. The van der Waals surface area contributed by atoms with Gasteiger partial charge in [0.15, 0.2) is 0 Å². The third kappa shape index (κ3) is 11.8. The normalized spacial score (nSPS) is 12.7. The fraction of sp³-hybridized carbons (Fsp3) is 0.720. The van der Waals surface area contributed by atoms with Crippen LogP contribution in [0, 0.1) is 0 Å². The van der Waals surface area contributed by atoms with Crippen molar-refractivity contribution in [1.82, 2.24) is 0 Å². The van der Waals surface area contributed by atoms with Crippen LogP contribution in [0.1, 0.15) is 103 Å². The van der Waals surface area contributed by atoms with Gasteiger partial charge in [0.1, 0.15) is 0 Å². The van der Waals surface area contributed by atoms with Crippen molar-refractivity contribution in [1.29, 1.82) is 0 Å². The van der Waals surface area contributed by atoms with Gasteiger partial charge in [0, 0.05) is 6.42 Å². The minimum Gasteiger partial charge on any atom is -0.469 e. The molecule has 1 rings (SSSR count). The number of rotatable bonds is 18. The molecule has 0 saturated heterocycles. The van der Waals surface area contributed by atoms with Gasteiger partial charge in [0.25, 0.3) is 6.69 Å². The summed E-state index contributed by atoms with van der Waals surface area (Å²) in [6, 6.07) is 10.4. The summed E-state index contributed by atoms with van der Waals surface area (Å²) in [7, 11) is 1.45. The summed E-state index contributed by atoms with van der Waals surface area (Å²) in [5, 5.41) is 1.16. The van der Waals surface area contributed by atoms with Gasteiger partial charge in [-0.05, 0) is 17.1 Å². The van der Waals surface area contributed by atoms with E-state index in [-0.39, 0.29) is 5.97 Å². The summed E-state index contributed by atoms with van der Waals surface area (Å²) in [4.78, 5) is 11.1. The fourth-order valence-corrected chi connectivity index (χ4v) is 8.35. The number of unbranched alkanes of at least 4 members (excludes halogenated alkanes) is 10. The molecule has 1 aromatic rings. The Hall–Kier alpha value is -0.513. The van der Waals surface area contributed by atoms with E-state index in [0.29, 0.717) is 12.0 Å². The van der Waals surface area contributed by atoms with Crippen molar-refractivity contribution in [2.45, 2.75) is 109 Å². The Morgan fingerprint density at radius 3 is 1.87 bits per heavy atom. The predicted octanol–water partition coefficient (Wildman–Crippen LogP) is 8.23. The van der Waals surface area contributed by atoms with E-state index in [9.17, 15) is 4.79 Å². The molecule has 0 fully saturated rings. The van der Waals surface area contributed by atoms with Crippen LogP contribution in [-0.2, 0) is 9.53 Å². The lowest BCUT2D eigenvalue weighted by Gasteiger charge is -2.28. The first kappa shape index (κ1) is 27.5. The Labute approximate surface area is 195 Å². The molecule has 172 valence electrons. The molecule has 30 heavy (non-hydrogen) atoms. The Morgan fingerprint density at radius 1 is 0.833 bits per heavy atom. The zero-order chi connectivity index (χ0) is 22.1. The topological polar surface area (TPSA) is 26.3 Å². The van der Waals surface area contributed by atoms with Gasteiger partial charge in [-0.2, -0.15) is 0 Å². The number of halogens is 2. The van der Waals surface area contributed by atoms with Crippen molar-refractivity contribution >= 4 is 40.0 Å². The molecule has 0 aliphatic heterocycles. The SMILES string of the molecule is CCCCCCCCC(CCCCCCCCC(=O)OC)[Si](Cl)(Cl)c1ccccc1. The van der Waals surface area contributed by atoms with Crippen molar-refractivity contribution in [2.75, 3.05) is 7.11 Å². The van der Waals surface area contributed by atoms with Crippen molar-refractivity contribution < 1.29 is 9.53 Å². The lowest BCUT2D eigenvalue weighted by atomic mass is 10.0. The molecule has 0 N–H and O–H groups in total. The molecular formula is C25H42Cl2O2Si. The first-order chi connectivity index (χ1) is 14.5. The molecule has 1 unspecified atom stereocenters. The minimum absolute atomic E-state index is 0.0982. The summed E-state index contributed by atoms with van der Waals surface area (Å²) in [5.41, 5.74) is 0.425. The van der Waals surface area contributed by atoms with Crippen LogP contribution in [-0.4, -0.2) is 19.8 Å². The Balaban J connectivity index is 2.40. The quantitative estimate of drug-likeness (QED) is 0.0929. The van der Waals surface area contributed by atoms with Gasteiger partial charge in [-0.3, -0.25) is 4.79 Å². The summed E-state index contributed by atoms with van der Waals surface area (Å²) < 4.78 is 4.69. The molecule has 0 spiro atoms. The zero-order valence-corrected chi connectivity index (χ0v) is 21.7. The van der Waals surface area contributed by atoms with Crippen LogP contribution in [0.3, 0.4) is 0 Å². The molecule has 0 heterocycles. The summed E-state index contributed by atoms with van der Waals surface area (Å²) in [6.07, 6.45) is 17.5. The van der Waals surface area contributed by atoms with Crippen molar-refractivity contribution in [3.05, 3.63) is 30.3 Å². The van der Waals surface area contributed by atoms with E-state index in [4.69, 9.17) is 22.2 Å². The molecule has 0 amide bonds. The molecule has 0 aliphatic rings. The fourth-order valence-electron chi connectivity index (χ4n) is 4.04. The standard InChI is InChI=1S/C25H42Cl2O2Si/c1-3-4-5-6-9-13-18-23(30(26,27)24-20-15-12-16-21-24)19-14-10-7-8-11-17-22-25(28)29-2/h12,15-16,20-21,23H,3-11,13-14,17-19,22H2,1-2H3. The Morgan fingerprint density at radius 2 is 1.33 bits per heavy atom. The predicted molar refractivity (Wildman–Crippen MR) is 134 cm³/mol. The number of methoxy groups -OCH3 is 1. The van der Waals surface area contributed by atoms with Gasteiger partial charge in [0.2, 0.25) is 0 Å². The molecule has 2 nitrogen and oxygen atoms in total. The van der Waals surface area contributed by atoms with Crippen LogP contribution in [0.15, 0.2) is 30.3 Å². The van der Waals surface area contributed by atoms with Crippen LogP contribution < -0.4 is 5.19 Å². The third-order valence-corrected chi connectivity index (χ3v) is 11.9. The largest absolute Gasteiger partial charge is 0.469 e. The number of carbonyl (C=O) groups excluding carboxylic acids is 1. The highest BCUT2D eigenvalue weighted by Gasteiger charge is 2.39. The number of carbonyl (C=O) groups is 1. The maximum atomic E-state index is 11.1. The molecule has 1 aromatic carbocycles. The first-order valence-corrected chi connectivity index (χ1v) is 16.1. The van der Waals surface area contributed by atoms with Crippen molar-refractivity contribution in [2.24, 2.45) is 0 Å². The van der Waals surface area contributed by atoms with E-state index in [1.165, 1.54) is 71.3 Å². The molecule has 0 radical (unpaired) electrons. The van der Waals surface area contributed by atoms with Crippen LogP contribution >= 0.6 is 22.2 Å². The second-order valence-electron chi connectivity index (χ2n) is 8.48. The number of hydrogen-bond acceptors (Lipinski definition) is 2. The second kappa shape index (κ2) is 17.1. The molecular weight excluding hydrogens is 431 g/mol. The minimum atomic E-state index is -2.49. The highest BCUT2D eigenvalue weighted by molar-refractivity contribution is 7.51. The van der Waals surface area contributed by atoms with E-state index in [0.717, 1.165) is 30.9 Å². The van der Waals surface area contributed by atoms with E-state index in [2.05, 4.69) is 35.9 Å². The maximum absolute atomic E-state index is 11.1. The van der Waals surface area contributed by atoms with Gasteiger partial charge in [-0.25, -0.2) is 0 Å². The molecule has 1 atom stereocenters. The number of hydrogen-bond donors (Lipinski definition) is 0. The van der Waals surface area contributed by atoms with Gasteiger partial charge < -0.3 is 4.74 Å². The number of ether oxygens (including phenoxy) is 1. The van der Waals surface area contributed by atoms with Crippen molar-refractivity contribution in [3.63, 3.8) is 0 Å². The average molecular weight is 474 g/mol. The van der Waals surface area contributed by atoms with Gasteiger partial charge >= 0.3 is 5.97 Å². The van der Waals surface area contributed by atoms with Crippen LogP contribution in [0.5, 0.6) is 0 Å². The number of benzene rings is 1. The van der Waals surface area contributed by atoms with Crippen LogP contribution in [0.4, 0.5) is 0 Å². The molecule has 0 bridgehead atoms. The smallest absolute Gasteiger partial charge is 0.305 e. The molecule has 0 saturated carbocycles.